The number of nitrogens with one attached hydrogen (secondary N) is 1. The van der Waals surface area contributed by atoms with Gasteiger partial charge in [-0.05, 0) is 18.4 Å². The molecule has 21 heavy (non-hydrogen) atoms. The molecule has 1 aromatic heterocycles. The van der Waals surface area contributed by atoms with Crippen molar-refractivity contribution in [3.63, 3.8) is 0 Å². The molecular formula is C17H17N3O. The van der Waals surface area contributed by atoms with Crippen LogP contribution in [0.4, 0.5) is 5.82 Å². The fourth-order valence-electron chi connectivity index (χ4n) is 2.29. The number of fused-ring (bicyclic) bond motifs is 1. The van der Waals surface area contributed by atoms with Crippen molar-refractivity contribution in [3.8, 4) is 5.75 Å². The number of nitrogens with zero attached hydrogens (tertiary/aromatic N) is 2. The molecule has 0 aliphatic carbocycles. The van der Waals surface area contributed by atoms with Gasteiger partial charge in [-0.3, -0.25) is 0 Å². The van der Waals surface area contributed by atoms with Gasteiger partial charge in [-0.2, -0.15) is 0 Å². The number of ether oxygens (including phenoxy) is 1. The van der Waals surface area contributed by atoms with Crippen molar-refractivity contribution in [1.82, 2.24) is 9.97 Å². The standard InChI is InChI=1S/C17H17N3O/c1-12-10-16(18-2)20-17(19-12)11-21-15-9-5-7-13-6-3-4-8-14(13)15/h3-10H,11H2,1-2H3,(H,18,19,20). The van der Waals surface area contributed by atoms with Gasteiger partial charge in [-0.15, -0.1) is 0 Å². The van der Waals surface area contributed by atoms with E-state index in [0.29, 0.717) is 12.4 Å². The van der Waals surface area contributed by atoms with Gasteiger partial charge < -0.3 is 10.1 Å². The Balaban J connectivity index is 1.85. The third-order valence-electron chi connectivity index (χ3n) is 3.26. The largest absolute Gasteiger partial charge is 0.485 e. The lowest BCUT2D eigenvalue weighted by Crippen LogP contribution is -2.05. The van der Waals surface area contributed by atoms with Crippen LogP contribution in [0.3, 0.4) is 0 Å². The molecule has 0 fully saturated rings. The summed E-state index contributed by atoms with van der Waals surface area (Å²) in [5.41, 5.74) is 0.922. The molecule has 106 valence electrons. The Morgan fingerprint density at radius 2 is 1.86 bits per heavy atom. The van der Waals surface area contributed by atoms with Crippen LogP contribution in [0.15, 0.2) is 48.5 Å². The third-order valence-corrected chi connectivity index (χ3v) is 3.26. The molecule has 2 aromatic carbocycles. The zero-order valence-electron chi connectivity index (χ0n) is 12.1. The average molecular weight is 279 g/mol. The number of benzene rings is 2. The second kappa shape index (κ2) is 5.79. The summed E-state index contributed by atoms with van der Waals surface area (Å²) in [6, 6.07) is 16.1. The van der Waals surface area contributed by atoms with E-state index >= 15 is 0 Å². The summed E-state index contributed by atoms with van der Waals surface area (Å²) >= 11 is 0. The molecule has 4 heteroatoms. The molecule has 0 amide bonds. The molecule has 0 aliphatic heterocycles. The minimum Gasteiger partial charge on any atom is -0.485 e. The minimum atomic E-state index is 0.352. The van der Waals surface area contributed by atoms with Gasteiger partial charge in [0.1, 0.15) is 18.2 Å². The Morgan fingerprint density at radius 3 is 2.71 bits per heavy atom. The van der Waals surface area contributed by atoms with E-state index in [0.717, 1.165) is 28.0 Å². The van der Waals surface area contributed by atoms with Crippen molar-refractivity contribution < 1.29 is 4.74 Å². The van der Waals surface area contributed by atoms with Crippen molar-refractivity contribution in [3.05, 3.63) is 60.0 Å². The molecule has 0 spiro atoms. The molecule has 0 bridgehead atoms. The highest BCUT2D eigenvalue weighted by Gasteiger charge is 2.05. The first-order valence-corrected chi connectivity index (χ1v) is 6.89. The van der Waals surface area contributed by atoms with Crippen LogP contribution in [-0.4, -0.2) is 17.0 Å². The summed E-state index contributed by atoms with van der Waals surface area (Å²) in [6.45, 7) is 2.30. The highest BCUT2D eigenvalue weighted by molar-refractivity contribution is 5.88. The predicted molar refractivity (Wildman–Crippen MR) is 84.6 cm³/mol. The van der Waals surface area contributed by atoms with Gasteiger partial charge in [-0.1, -0.05) is 36.4 Å². The normalized spacial score (nSPS) is 10.6. The summed E-state index contributed by atoms with van der Waals surface area (Å²) in [5.74, 6) is 2.33. The highest BCUT2D eigenvalue weighted by atomic mass is 16.5. The van der Waals surface area contributed by atoms with Crippen molar-refractivity contribution in [2.24, 2.45) is 0 Å². The van der Waals surface area contributed by atoms with E-state index in [1.807, 2.05) is 44.3 Å². The van der Waals surface area contributed by atoms with Crippen LogP contribution in [0.25, 0.3) is 10.8 Å². The number of hydrogen-bond acceptors (Lipinski definition) is 4. The van der Waals surface area contributed by atoms with Gasteiger partial charge in [0.25, 0.3) is 0 Å². The lowest BCUT2D eigenvalue weighted by atomic mass is 10.1. The van der Waals surface area contributed by atoms with Crippen molar-refractivity contribution in [1.29, 1.82) is 0 Å². The number of anilines is 1. The number of rotatable bonds is 4. The van der Waals surface area contributed by atoms with Crippen molar-refractivity contribution >= 4 is 16.6 Å². The summed E-state index contributed by atoms with van der Waals surface area (Å²) in [4.78, 5) is 8.80. The van der Waals surface area contributed by atoms with E-state index in [-0.39, 0.29) is 0 Å². The Hall–Kier alpha value is -2.62. The number of aryl methyl sites for hydroxylation is 1. The lowest BCUT2D eigenvalue weighted by Gasteiger charge is -2.10. The molecule has 1 heterocycles. The number of aromatic nitrogens is 2. The smallest absolute Gasteiger partial charge is 0.168 e. The van der Waals surface area contributed by atoms with E-state index in [9.17, 15) is 0 Å². The monoisotopic (exact) mass is 279 g/mol. The summed E-state index contributed by atoms with van der Waals surface area (Å²) in [6.07, 6.45) is 0. The second-order valence-corrected chi connectivity index (χ2v) is 4.83. The predicted octanol–water partition coefficient (Wildman–Crippen LogP) is 3.56. The van der Waals surface area contributed by atoms with Gasteiger partial charge in [0.2, 0.25) is 0 Å². The van der Waals surface area contributed by atoms with Crippen molar-refractivity contribution in [2.75, 3.05) is 12.4 Å². The molecule has 3 rings (SSSR count). The van der Waals surface area contributed by atoms with Gasteiger partial charge in [0, 0.05) is 24.2 Å². The maximum Gasteiger partial charge on any atom is 0.168 e. The molecule has 0 unspecified atom stereocenters. The molecule has 1 N–H and O–H groups in total. The quantitative estimate of drug-likeness (QED) is 0.793. The molecular weight excluding hydrogens is 262 g/mol. The Kier molecular flexibility index (Phi) is 3.69. The molecule has 4 nitrogen and oxygen atoms in total. The van der Waals surface area contributed by atoms with Crippen molar-refractivity contribution in [2.45, 2.75) is 13.5 Å². The second-order valence-electron chi connectivity index (χ2n) is 4.83. The van der Waals surface area contributed by atoms with Crippen LogP contribution in [-0.2, 0) is 6.61 Å². The Bertz CT molecular complexity index is 766. The zero-order chi connectivity index (χ0) is 14.7. The SMILES string of the molecule is CNc1cc(C)nc(COc2cccc3ccccc23)n1. The van der Waals surface area contributed by atoms with Gasteiger partial charge in [0.05, 0.1) is 0 Å². The Labute approximate surface area is 123 Å². The molecule has 0 saturated carbocycles. The third kappa shape index (κ3) is 2.94. The van der Waals surface area contributed by atoms with E-state index in [1.165, 1.54) is 0 Å². The van der Waals surface area contributed by atoms with E-state index in [2.05, 4.69) is 33.5 Å². The van der Waals surface area contributed by atoms with E-state index < -0.39 is 0 Å². The van der Waals surface area contributed by atoms with Crippen LogP contribution in [0.2, 0.25) is 0 Å². The van der Waals surface area contributed by atoms with Crippen LogP contribution >= 0.6 is 0 Å². The Morgan fingerprint density at radius 1 is 1.05 bits per heavy atom. The lowest BCUT2D eigenvalue weighted by molar-refractivity contribution is 0.299. The number of hydrogen-bond donors (Lipinski definition) is 1. The molecule has 0 atom stereocenters. The van der Waals surface area contributed by atoms with E-state index in [4.69, 9.17) is 4.74 Å². The van der Waals surface area contributed by atoms with Gasteiger partial charge in [-0.25, -0.2) is 9.97 Å². The average Bonchev–Trinajstić information content (AvgIpc) is 2.52. The maximum atomic E-state index is 5.91. The van der Waals surface area contributed by atoms with Gasteiger partial charge >= 0.3 is 0 Å². The molecule has 0 radical (unpaired) electrons. The van der Waals surface area contributed by atoms with Gasteiger partial charge in [0.15, 0.2) is 5.82 Å². The minimum absolute atomic E-state index is 0.352. The van der Waals surface area contributed by atoms with Crippen LogP contribution in [0.5, 0.6) is 5.75 Å². The van der Waals surface area contributed by atoms with Crippen LogP contribution in [0.1, 0.15) is 11.5 Å². The van der Waals surface area contributed by atoms with Crippen LogP contribution in [0, 0.1) is 6.92 Å². The molecule has 3 aromatic rings. The molecule has 0 aliphatic rings. The fourth-order valence-corrected chi connectivity index (χ4v) is 2.29. The topological polar surface area (TPSA) is 47.0 Å². The first-order chi connectivity index (χ1) is 10.3. The summed E-state index contributed by atoms with van der Waals surface area (Å²) in [7, 11) is 1.84. The van der Waals surface area contributed by atoms with E-state index in [1.54, 1.807) is 0 Å². The maximum absolute atomic E-state index is 5.91. The first-order valence-electron chi connectivity index (χ1n) is 6.89. The first kappa shape index (κ1) is 13.4. The zero-order valence-corrected chi connectivity index (χ0v) is 12.1. The molecule has 0 saturated heterocycles. The highest BCUT2D eigenvalue weighted by Crippen LogP contribution is 2.25. The van der Waals surface area contributed by atoms with Crippen LogP contribution < -0.4 is 10.1 Å². The summed E-state index contributed by atoms with van der Waals surface area (Å²) < 4.78 is 5.91. The fraction of sp³-hybridized carbons (Fsp3) is 0.176. The summed E-state index contributed by atoms with van der Waals surface area (Å²) in [5, 5.41) is 5.29.